The summed E-state index contributed by atoms with van der Waals surface area (Å²) in [5, 5.41) is 5.29. The number of hydrogen-bond donors (Lipinski definition) is 1. The third-order valence-corrected chi connectivity index (χ3v) is 6.61. The molecule has 1 N–H and O–H groups in total. The molecule has 0 aliphatic heterocycles. The van der Waals surface area contributed by atoms with Crippen molar-refractivity contribution < 1.29 is 41.1 Å². The molecule has 0 heterocycles. The van der Waals surface area contributed by atoms with Crippen LogP contribution in [0.5, 0.6) is 11.5 Å². The smallest absolute Gasteiger partial charge is 0.367 e. The van der Waals surface area contributed by atoms with Gasteiger partial charge in [0.1, 0.15) is 5.75 Å². The van der Waals surface area contributed by atoms with Crippen molar-refractivity contribution in [1.82, 2.24) is 0 Å². The Morgan fingerprint density at radius 1 is 1.28 bits per heavy atom. The predicted octanol–water partition coefficient (Wildman–Crippen LogP) is 2.91. The van der Waals surface area contributed by atoms with E-state index in [9.17, 15) is 31.7 Å². The summed E-state index contributed by atoms with van der Waals surface area (Å²) in [5.41, 5.74) is 0.548. The van der Waals surface area contributed by atoms with Gasteiger partial charge in [0.25, 0.3) is 0 Å². The number of phenolic OH excluding ortho intramolecular Hbond substituents is 1. The summed E-state index contributed by atoms with van der Waals surface area (Å²) in [5.74, 6) is -1.31. The van der Waals surface area contributed by atoms with Crippen molar-refractivity contribution in [3.63, 3.8) is 0 Å². The van der Waals surface area contributed by atoms with E-state index in [4.69, 9.17) is 4.74 Å². The molecule has 0 amide bonds. The van der Waals surface area contributed by atoms with Crippen molar-refractivity contribution in [2.75, 3.05) is 13.2 Å². The average molecular weight is 715 g/mol. The summed E-state index contributed by atoms with van der Waals surface area (Å²) < 4.78 is 67.3. The summed E-state index contributed by atoms with van der Waals surface area (Å²) in [6.07, 6.45) is 1.46. The fourth-order valence-electron chi connectivity index (χ4n) is 1.36. The fraction of sp³-hybridized carbons (Fsp3) is 0.250. The molecule has 0 saturated heterocycles. The number of ether oxygens (including phenoxy) is 2. The molecule has 140 valence electrons. The lowest BCUT2D eigenvalue weighted by Gasteiger charge is -2.19. The van der Waals surface area contributed by atoms with E-state index >= 15 is 0 Å². The van der Waals surface area contributed by atoms with Crippen LogP contribution in [0.4, 0.5) is 8.78 Å². The first kappa shape index (κ1) is 23.0. The van der Waals surface area contributed by atoms with Gasteiger partial charge >= 0.3 is 11.2 Å². The van der Waals surface area contributed by atoms with Crippen LogP contribution in [-0.2, 0) is 19.6 Å². The average Bonchev–Trinajstić information content (AvgIpc) is 2.50. The number of carbonyl (C=O) groups is 1. The van der Waals surface area contributed by atoms with Crippen LogP contribution in [0.1, 0.15) is 5.56 Å². The van der Waals surface area contributed by atoms with Crippen molar-refractivity contribution in [2.45, 2.75) is 5.25 Å². The monoisotopic (exact) mass is 715 g/mol. The summed E-state index contributed by atoms with van der Waals surface area (Å²) >= 11 is 5.56. The first-order valence-electron chi connectivity index (χ1n) is 5.97. The molecule has 0 fully saturated rings. The van der Waals surface area contributed by atoms with E-state index in [1.165, 1.54) is 6.08 Å². The van der Waals surface area contributed by atoms with Crippen LogP contribution in [0.3, 0.4) is 0 Å². The second-order valence-corrected chi connectivity index (χ2v) is 9.02. The number of alkyl halides is 2. The largest absolute Gasteiger partial charge is 0.743 e. The number of carbonyl (C=O) groups excluding carboxylic acids is 1. The van der Waals surface area contributed by atoms with E-state index in [0.29, 0.717) is 12.7 Å². The molecule has 0 atom stereocenters. The molecular formula is C12H8F2I3O7S-. The number of hydrogen-bond acceptors (Lipinski definition) is 7. The van der Waals surface area contributed by atoms with Gasteiger partial charge in [0.2, 0.25) is 0 Å². The molecule has 7 nitrogen and oxygen atoms in total. The number of esters is 1. The predicted molar refractivity (Wildman–Crippen MR) is 107 cm³/mol. The molecule has 0 radical (unpaired) electrons. The van der Waals surface area contributed by atoms with Gasteiger partial charge in [-0.3, -0.25) is 0 Å². The van der Waals surface area contributed by atoms with Gasteiger partial charge in [-0.2, -0.15) is 8.78 Å². The Kier molecular flexibility index (Phi) is 8.09. The van der Waals surface area contributed by atoms with Gasteiger partial charge < -0.3 is 19.1 Å². The van der Waals surface area contributed by atoms with Crippen LogP contribution in [-0.4, -0.2) is 42.5 Å². The second kappa shape index (κ2) is 8.79. The maximum absolute atomic E-state index is 12.9. The number of aromatic hydroxyl groups is 1. The Balaban J connectivity index is 2.88. The summed E-state index contributed by atoms with van der Waals surface area (Å²) in [4.78, 5) is 11.5. The minimum absolute atomic E-state index is 0.106. The normalized spacial score (nSPS) is 11.9. The molecule has 0 spiro atoms. The second-order valence-electron chi connectivity index (χ2n) is 4.28. The Morgan fingerprint density at radius 2 is 1.84 bits per heavy atom. The van der Waals surface area contributed by atoms with Crippen LogP contribution < -0.4 is 4.74 Å². The van der Waals surface area contributed by atoms with E-state index in [0.717, 1.165) is 0 Å². The lowest BCUT2D eigenvalue weighted by atomic mass is 10.2. The Bertz CT molecular complexity index is 812. The van der Waals surface area contributed by atoms with Crippen molar-refractivity contribution in [3.05, 3.63) is 22.9 Å². The summed E-state index contributed by atoms with van der Waals surface area (Å²) in [6.45, 7) is 0.852. The molecule has 25 heavy (non-hydrogen) atoms. The first-order valence-corrected chi connectivity index (χ1v) is 10.6. The van der Waals surface area contributed by atoms with Gasteiger partial charge in [0.05, 0.1) is 10.7 Å². The molecule has 0 saturated carbocycles. The van der Waals surface area contributed by atoms with Gasteiger partial charge in [-0.25, -0.2) is 13.2 Å². The number of halogens is 5. The zero-order valence-electron chi connectivity index (χ0n) is 11.9. The van der Waals surface area contributed by atoms with E-state index < -0.39 is 34.6 Å². The molecule has 0 aliphatic rings. The van der Waals surface area contributed by atoms with Gasteiger partial charge in [0, 0.05) is 5.56 Å². The molecule has 13 heteroatoms. The number of benzene rings is 1. The fourth-order valence-corrected chi connectivity index (χ4v) is 5.48. The number of phenols is 1. The SMILES string of the molecule is C=Cc1c(I)c(O)c(I)c(OCC(=O)OCC(F)(F)S(=O)(=O)[O-])c1I. The van der Waals surface area contributed by atoms with Crippen molar-refractivity contribution in [3.8, 4) is 11.5 Å². The van der Waals surface area contributed by atoms with E-state index in [1.807, 2.05) is 45.2 Å². The highest BCUT2D eigenvalue weighted by Crippen LogP contribution is 2.41. The topological polar surface area (TPSA) is 113 Å². The van der Waals surface area contributed by atoms with Crippen molar-refractivity contribution >= 4 is 89.9 Å². The molecule has 0 bridgehead atoms. The van der Waals surface area contributed by atoms with Gasteiger partial charge in [-0.05, 0) is 67.8 Å². The van der Waals surface area contributed by atoms with Gasteiger partial charge in [-0.15, -0.1) is 0 Å². The molecule has 0 aromatic heterocycles. The van der Waals surface area contributed by atoms with Crippen LogP contribution in [0.2, 0.25) is 0 Å². The van der Waals surface area contributed by atoms with Gasteiger partial charge in [-0.1, -0.05) is 12.7 Å². The minimum atomic E-state index is -5.95. The number of rotatable bonds is 7. The Morgan fingerprint density at radius 3 is 2.32 bits per heavy atom. The third-order valence-electron chi connectivity index (χ3n) is 2.59. The third kappa shape index (κ3) is 5.48. The lowest BCUT2D eigenvalue weighted by molar-refractivity contribution is -0.152. The van der Waals surface area contributed by atoms with E-state index in [2.05, 4.69) is 11.3 Å². The lowest BCUT2D eigenvalue weighted by Crippen LogP contribution is -2.35. The molecule has 1 aromatic rings. The summed E-state index contributed by atoms with van der Waals surface area (Å²) in [7, 11) is -5.95. The molecule has 1 aromatic carbocycles. The van der Waals surface area contributed by atoms with E-state index in [1.54, 1.807) is 22.6 Å². The Hall–Kier alpha value is -0.0100. The van der Waals surface area contributed by atoms with Crippen LogP contribution in [0, 0.1) is 10.7 Å². The molecular weight excluding hydrogens is 707 g/mol. The van der Waals surface area contributed by atoms with Crippen LogP contribution >= 0.6 is 67.8 Å². The highest BCUT2D eigenvalue weighted by Gasteiger charge is 2.39. The van der Waals surface area contributed by atoms with Crippen molar-refractivity contribution in [2.24, 2.45) is 0 Å². The molecule has 1 rings (SSSR count). The zero-order valence-corrected chi connectivity index (χ0v) is 19.2. The quantitative estimate of drug-likeness (QED) is 0.263. The van der Waals surface area contributed by atoms with E-state index in [-0.39, 0.29) is 15.1 Å². The summed E-state index contributed by atoms with van der Waals surface area (Å²) in [6, 6.07) is 0. The minimum Gasteiger partial charge on any atom is -0.743 e. The van der Waals surface area contributed by atoms with Gasteiger partial charge in [0.15, 0.2) is 29.1 Å². The zero-order chi connectivity index (χ0) is 19.6. The van der Waals surface area contributed by atoms with Crippen LogP contribution in [0.15, 0.2) is 6.58 Å². The first-order chi connectivity index (χ1) is 11.3. The van der Waals surface area contributed by atoms with Crippen molar-refractivity contribution in [1.29, 1.82) is 0 Å². The van der Waals surface area contributed by atoms with Crippen LogP contribution in [0.25, 0.3) is 6.08 Å². The molecule has 0 unspecified atom stereocenters. The molecule has 0 aliphatic carbocycles. The standard InChI is InChI=1S/C12H9F2I3O7S/c1-2-5-7(15)10(19)9(17)11(8(5)16)23-3-6(18)24-4-12(13,14)25(20,21)22/h2,19H,1,3-4H2,(H,20,21,22)/p-1. The maximum Gasteiger partial charge on any atom is 0.367 e. The Labute approximate surface area is 182 Å². The maximum atomic E-state index is 12.9. The highest BCUT2D eigenvalue weighted by molar-refractivity contribution is 14.1. The highest BCUT2D eigenvalue weighted by atomic mass is 127.